The Balaban J connectivity index is 1.37. The molecule has 2 aliphatic rings. The minimum absolute atomic E-state index is 0.00336. The van der Waals surface area contributed by atoms with E-state index in [1.54, 1.807) is 50.2 Å². The molecule has 0 saturated heterocycles. The van der Waals surface area contributed by atoms with E-state index in [1.807, 2.05) is 18.2 Å². The van der Waals surface area contributed by atoms with E-state index in [0.717, 1.165) is 12.0 Å². The summed E-state index contributed by atoms with van der Waals surface area (Å²) in [5.74, 6) is -2.07. The van der Waals surface area contributed by atoms with Gasteiger partial charge in [-0.25, -0.2) is 9.97 Å². The molecule has 1 aliphatic carbocycles. The van der Waals surface area contributed by atoms with Gasteiger partial charge in [-0.2, -0.15) is 5.26 Å². The first-order chi connectivity index (χ1) is 32.2. The monoisotopic (exact) mass is 915 g/mol. The van der Waals surface area contributed by atoms with Crippen LogP contribution in [0.2, 0.25) is 0 Å². The lowest BCUT2D eigenvalue weighted by Crippen LogP contribution is -2.56. The number of nitrogens with zero attached hydrogens (tertiary/aromatic N) is 4. The first-order valence-electron chi connectivity index (χ1n) is 22.6. The van der Waals surface area contributed by atoms with Crippen molar-refractivity contribution in [2.45, 2.75) is 89.4 Å². The van der Waals surface area contributed by atoms with Crippen LogP contribution in [0.4, 0.5) is 0 Å². The van der Waals surface area contributed by atoms with Crippen LogP contribution in [0, 0.1) is 25.2 Å². The summed E-state index contributed by atoms with van der Waals surface area (Å²) >= 11 is 0. The third-order valence-corrected chi connectivity index (χ3v) is 12.4. The molecule has 10 N–H and O–H groups in total. The highest BCUT2D eigenvalue weighted by atomic mass is 16.5. The lowest BCUT2D eigenvalue weighted by atomic mass is 9.92. The van der Waals surface area contributed by atoms with Crippen molar-refractivity contribution in [2.24, 2.45) is 17.2 Å². The van der Waals surface area contributed by atoms with Gasteiger partial charge < -0.3 is 52.8 Å². The molecule has 1 aromatic heterocycles. The van der Waals surface area contributed by atoms with Crippen molar-refractivity contribution in [2.75, 3.05) is 46.4 Å². The Bertz CT molecular complexity index is 2500. The van der Waals surface area contributed by atoms with Crippen molar-refractivity contribution in [3.8, 4) is 40.1 Å². The molecule has 1 fully saturated rings. The summed E-state index contributed by atoms with van der Waals surface area (Å²) in [4.78, 5) is 81.2. The van der Waals surface area contributed by atoms with E-state index in [0.29, 0.717) is 51.0 Å². The zero-order valence-electron chi connectivity index (χ0n) is 38.7. The van der Waals surface area contributed by atoms with Crippen LogP contribution in [0.25, 0.3) is 22.5 Å². The highest BCUT2D eigenvalue weighted by molar-refractivity contribution is 6.00. The van der Waals surface area contributed by atoms with Crippen LogP contribution in [0.3, 0.4) is 0 Å². The summed E-state index contributed by atoms with van der Waals surface area (Å²) in [6.07, 6.45) is 3.43. The van der Waals surface area contributed by atoms with Gasteiger partial charge >= 0.3 is 0 Å². The van der Waals surface area contributed by atoms with E-state index in [-0.39, 0.29) is 63.2 Å². The van der Waals surface area contributed by atoms with Gasteiger partial charge in [-0.1, -0.05) is 43.3 Å². The van der Waals surface area contributed by atoms with Gasteiger partial charge in [-0.05, 0) is 99.4 Å². The number of fused-ring (bicyclic) bond motifs is 5. The Morgan fingerprint density at radius 3 is 2.10 bits per heavy atom. The van der Waals surface area contributed by atoms with Crippen molar-refractivity contribution in [1.82, 2.24) is 36.1 Å². The van der Waals surface area contributed by atoms with Crippen LogP contribution in [0.1, 0.15) is 84.0 Å². The van der Waals surface area contributed by atoms with Gasteiger partial charge in [-0.15, -0.1) is 0 Å². The van der Waals surface area contributed by atoms with E-state index in [9.17, 15) is 29.2 Å². The Morgan fingerprint density at radius 1 is 0.896 bits per heavy atom. The maximum absolute atomic E-state index is 14.7. The average Bonchev–Trinajstić information content (AvgIpc) is 4.12. The van der Waals surface area contributed by atoms with Crippen LogP contribution < -0.4 is 47.9 Å². The van der Waals surface area contributed by atoms with Gasteiger partial charge in [0.05, 0.1) is 23.0 Å². The van der Waals surface area contributed by atoms with Crippen LogP contribution >= 0.6 is 0 Å². The number of hydrogen-bond acceptors (Lipinski definition) is 13. The summed E-state index contributed by atoms with van der Waals surface area (Å²) in [6, 6.07) is 15.3. The standard InChI is InChI=1S/C49H61N11O7/c1-6-49(16-17-49)34-11-8-32(9-12-34)43-55-28(2)41(29(3)56-43)46(63)58-37(15-18-50)48(65)60(5)42-33-10-14-40(67-24-21-53)36(27-33)35-25-31(7-13-39(35)66-23-20-52)26-38(45(62)54-22-19-51)59-44(61)30(4)57-47(42)64/h7-14,25,27,30,37-38,42H,6,15-18,20-24,26,50,52-53H2,1-5H3,(H,54,62)(H,57,64)(H,58,63)(H,59,61)/t30-,37?,38-,42-/m0/s1. The minimum atomic E-state index is -1.40. The molecule has 5 amide bonds. The Hall–Kier alpha value is -6.94. The van der Waals surface area contributed by atoms with Gasteiger partial charge in [0.2, 0.25) is 23.6 Å². The fourth-order valence-electron chi connectivity index (χ4n) is 8.50. The summed E-state index contributed by atoms with van der Waals surface area (Å²) in [7, 11) is 1.42. The first-order valence-corrected chi connectivity index (χ1v) is 22.6. The number of benzene rings is 3. The molecule has 0 radical (unpaired) electrons. The average molecular weight is 916 g/mol. The molecule has 6 rings (SSSR count). The second kappa shape index (κ2) is 22.0. The molecule has 2 heterocycles. The number of amides is 5. The maximum Gasteiger partial charge on any atom is 0.255 e. The summed E-state index contributed by atoms with van der Waals surface area (Å²) in [5.41, 5.74) is 23.0. The lowest BCUT2D eigenvalue weighted by Gasteiger charge is -2.32. The van der Waals surface area contributed by atoms with Crippen molar-refractivity contribution in [3.05, 3.63) is 94.3 Å². The minimum Gasteiger partial charge on any atom is -0.492 e. The number of nitrogens with one attached hydrogen (secondary N) is 4. The van der Waals surface area contributed by atoms with Crippen molar-refractivity contribution in [1.29, 1.82) is 5.26 Å². The van der Waals surface area contributed by atoms with Crippen LogP contribution in [0.15, 0.2) is 60.7 Å². The number of hydrogen-bond donors (Lipinski definition) is 7. The number of rotatable bonds is 17. The molecule has 0 spiro atoms. The first kappa shape index (κ1) is 49.5. The van der Waals surface area contributed by atoms with Gasteiger partial charge in [0, 0.05) is 43.2 Å². The summed E-state index contributed by atoms with van der Waals surface area (Å²) < 4.78 is 12.2. The van der Waals surface area contributed by atoms with Crippen LogP contribution in [-0.2, 0) is 31.0 Å². The highest BCUT2D eigenvalue weighted by Gasteiger charge is 2.42. The number of carbonyl (C=O) groups is 5. The number of aromatic nitrogens is 2. The molecule has 1 saturated carbocycles. The third kappa shape index (κ3) is 11.4. The molecule has 18 nitrogen and oxygen atoms in total. The molecular formula is C49H61N11O7. The largest absolute Gasteiger partial charge is 0.492 e. The fraction of sp³-hybridized carbons (Fsp3) is 0.429. The molecule has 4 bridgehead atoms. The van der Waals surface area contributed by atoms with Crippen molar-refractivity contribution in [3.63, 3.8) is 0 Å². The van der Waals surface area contributed by atoms with E-state index in [2.05, 4.69) is 40.3 Å². The molecule has 18 heteroatoms. The molecular weight excluding hydrogens is 855 g/mol. The molecule has 4 aromatic rings. The van der Waals surface area contributed by atoms with Gasteiger partial charge in [-0.3, -0.25) is 24.0 Å². The second-order valence-corrected chi connectivity index (χ2v) is 17.0. The maximum atomic E-state index is 14.7. The summed E-state index contributed by atoms with van der Waals surface area (Å²) in [5, 5.41) is 20.0. The van der Waals surface area contributed by atoms with Gasteiger partial charge in [0.1, 0.15) is 55.4 Å². The van der Waals surface area contributed by atoms with Crippen molar-refractivity contribution >= 4 is 29.5 Å². The predicted octanol–water partition coefficient (Wildman–Crippen LogP) is 2.38. The van der Waals surface area contributed by atoms with Gasteiger partial charge in [0.25, 0.3) is 5.91 Å². The number of likely N-dealkylation sites (N-methyl/N-ethyl adjacent to an activating group) is 1. The second-order valence-electron chi connectivity index (χ2n) is 17.0. The molecule has 3 aromatic carbocycles. The van der Waals surface area contributed by atoms with Crippen LogP contribution in [0.5, 0.6) is 11.5 Å². The number of nitrogens with two attached hydrogens (primary N) is 3. The molecule has 67 heavy (non-hydrogen) atoms. The Kier molecular flexibility index (Phi) is 16.3. The predicted molar refractivity (Wildman–Crippen MR) is 251 cm³/mol. The van der Waals surface area contributed by atoms with E-state index in [1.165, 1.54) is 37.3 Å². The molecule has 1 unspecified atom stereocenters. The van der Waals surface area contributed by atoms with Crippen molar-refractivity contribution < 1.29 is 33.4 Å². The van der Waals surface area contributed by atoms with Crippen LogP contribution in [-0.4, -0.2) is 109 Å². The van der Waals surface area contributed by atoms with E-state index >= 15 is 0 Å². The number of aryl methyl sites for hydroxylation is 2. The quantitative estimate of drug-likeness (QED) is 0.0751. The number of carbonyl (C=O) groups excluding carboxylic acids is 5. The Morgan fingerprint density at radius 2 is 1.52 bits per heavy atom. The van der Waals surface area contributed by atoms with E-state index < -0.39 is 53.7 Å². The summed E-state index contributed by atoms with van der Waals surface area (Å²) in [6.45, 7) is 7.45. The Labute approximate surface area is 390 Å². The molecule has 354 valence electrons. The zero-order valence-corrected chi connectivity index (χ0v) is 38.7. The number of nitriles is 1. The zero-order chi connectivity index (χ0) is 48.4. The smallest absolute Gasteiger partial charge is 0.255 e. The SMILES string of the molecule is CCC1(c2ccc(-c3nc(C)c(C(=O)NC(CCN)C(=O)N(C)[C@@H]4C(=O)N[C@@H](C)C(=O)N[C@H](C(=O)NCC#N)Cc5ccc(OCCN)c(c5)-c5cc4ccc5OCCN)c(C)n3)cc2)CC1. The third-order valence-electron chi connectivity index (χ3n) is 12.4. The van der Waals surface area contributed by atoms with E-state index in [4.69, 9.17) is 36.6 Å². The van der Waals surface area contributed by atoms with Gasteiger partial charge in [0.15, 0.2) is 5.82 Å². The lowest BCUT2D eigenvalue weighted by molar-refractivity contribution is -0.141. The normalized spacial score (nSPS) is 17.9. The molecule has 4 atom stereocenters. The molecule has 1 aliphatic heterocycles. The topological polar surface area (TPSA) is 283 Å². The highest BCUT2D eigenvalue weighted by Crippen LogP contribution is 2.51. The fourth-order valence-corrected chi connectivity index (χ4v) is 8.50. The number of ether oxygens (including phenoxy) is 2.